The predicted octanol–water partition coefficient (Wildman–Crippen LogP) is 4.11. The van der Waals surface area contributed by atoms with E-state index >= 15 is 0 Å². The largest absolute Gasteiger partial charge is 0.492 e. The zero-order valence-corrected chi connectivity index (χ0v) is 16.4. The number of aromatic amines is 1. The summed E-state index contributed by atoms with van der Waals surface area (Å²) in [6, 6.07) is 14.2. The summed E-state index contributed by atoms with van der Waals surface area (Å²) in [5, 5.41) is 11.0. The van der Waals surface area contributed by atoms with E-state index in [0.717, 1.165) is 5.56 Å². The molecule has 6 nitrogen and oxygen atoms in total. The van der Waals surface area contributed by atoms with Gasteiger partial charge >= 0.3 is 0 Å². The Morgan fingerprint density at radius 2 is 1.74 bits per heavy atom. The lowest BCUT2D eigenvalue weighted by Gasteiger charge is -2.09. The van der Waals surface area contributed by atoms with Crippen LogP contribution in [-0.4, -0.2) is 33.8 Å². The van der Waals surface area contributed by atoms with Crippen molar-refractivity contribution in [3.8, 4) is 17.1 Å². The molecule has 0 bridgehead atoms. The highest BCUT2D eigenvalue weighted by atomic mass is 35.5. The molecular formula is C18H16Cl2N4O2S. The monoisotopic (exact) mass is 422 g/mol. The van der Waals surface area contributed by atoms with E-state index in [1.807, 2.05) is 12.1 Å². The molecule has 0 aliphatic carbocycles. The molecule has 2 N–H and O–H groups in total. The second kappa shape index (κ2) is 9.03. The normalized spacial score (nSPS) is 10.6. The van der Waals surface area contributed by atoms with Gasteiger partial charge in [0, 0.05) is 15.6 Å². The molecule has 0 saturated heterocycles. The number of benzene rings is 2. The number of carbonyl (C=O) groups excluding carboxylic acids is 1. The molecule has 1 amide bonds. The zero-order chi connectivity index (χ0) is 19.2. The fourth-order valence-electron chi connectivity index (χ4n) is 2.37. The van der Waals surface area contributed by atoms with Gasteiger partial charge in [0.05, 0.1) is 6.54 Å². The fourth-order valence-corrected chi connectivity index (χ4v) is 2.82. The minimum Gasteiger partial charge on any atom is -0.492 e. The third-order valence-corrected chi connectivity index (χ3v) is 4.48. The van der Waals surface area contributed by atoms with Crippen LogP contribution >= 0.6 is 35.4 Å². The van der Waals surface area contributed by atoms with Crippen molar-refractivity contribution in [1.29, 1.82) is 0 Å². The average molecular weight is 423 g/mol. The molecule has 140 valence electrons. The molecule has 3 rings (SSSR count). The van der Waals surface area contributed by atoms with Gasteiger partial charge in [-0.3, -0.25) is 14.5 Å². The first kappa shape index (κ1) is 19.4. The molecule has 3 aromatic rings. The first-order valence-corrected chi connectivity index (χ1v) is 9.25. The average Bonchev–Trinajstić information content (AvgIpc) is 3.01. The first-order valence-electron chi connectivity index (χ1n) is 8.09. The van der Waals surface area contributed by atoms with Crippen LogP contribution in [0.1, 0.15) is 0 Å². The minimum atomic E-state index is -0.192. The molecule has 1 aromatic heterocycles. The van der Waals surface area contributed by atoms with Gasteiger partial charge in [-0.1, -0.05) is 23.2 Å². The summed E-state index contributed by atoms with van der Waals surface area (Å²) >= 11 is 17.0. The van der Waals surface area contributed by atoms with Crippen LogP contribution in [0, 0.1) is 4.77 Å². The molecule has 1 heterocycles. The highest BCUT2D eigenvalue weighted by Crippen LogP contribution is 2.20. The number of carbonyl (C=O) groups is 1. The van der Waals surface area contributed by atoms with Crippen molar-refractivity contribution in [2.45, 2.75) is 6.54 Å². The SMILES string of the molecule is O=C(Cn1c(-c2ccc(Cl)cc2)n[nH]c1=S)NCCOc1ccc(Cl)cc1. The van der Waals surface area contributed by atoms with Crippen molar-refractivity contribution in [3.05, 3.63) is 63.3 Å². The van der Waals surface area contributed by atoms with E-state index in [2.05, 4.69) is 15.5 Å². The molecular weight excluding hydrogens is 407 g/mol. The number of ether oxygens (including phenoxy) is 1. The Bertz CT molecular complexity index is 968. The van der Waals surface area contributed by atoms with Crippen LogP contribution in [0.2, 0.25) is 10.0 Å². The smallest absolute Gasteiger partial charge is 0.240 e. The van der Waals surface area contributed by atoms with E-state index in [-0.39, 0.29) is 12.5 Å². The van der Waals surface area contributed by atoms with E-state index in [1.165, 1.54) is 0 Å². The summed E-state index contributed by atoms with van der Waals surface area (Å²) < 4.78 is 7.54. The molecule has 0 saturated carbocycles. The van der Waals surface area contributed by atoms with Gasteiger partial charge in [-0.15, -0.1) is 0 Å². The van der Waals surface area contributed by atoms with Crippen LogP contribution < -0.4 is 10.1 Å². The Hall–Kier alpha value is -2.35. The van der Waals surface area contributed by atoms with Crippen molar-refractivity contribution < 1.29 is 9.53 Å². The van der Waals surface area contributed by atoms with Crippen LogP contribution in [0.3, 0.4) is 0 Å². The number of hydrogen-bond acceptors (Lipinski definition) is 4. The Kier molecular flexibility index (Phi) is 6.49. The predicted molar refractivity (Wildman–Crippen MR) is 108 cm³/mol. The molecule has 0 radical (unpaired) electrons. The standard InChI is InChI=1S/C18H16Cl2N4O2S/c19-13-3-1-12(2-4-13)17-22-23-18(27)24(17)11-16(25)21-9-10-26-15-7-5-14(20)6-8-15/h1-8H,9-11H2,(H,21,25)(H,23,27). The second-order valence-corrected chi connectivity index (χ2v) is 6.86. The fraction of sp³-hybridized carbons (Fsp3) is 0.167. The summed E-state index contributed by atoms with van der Waals surface area (Å²) in [5.74, 6) is 1.07. The van der Waals surface area contributed by atoms with Crippen LogP contribution in [-0.2, 0) is 11.3 Å². The van der Waals surface area contributed by atoms with E-state index in [4.69, 9.17) is 40.2 Å². The number of aromatic nitrogens is 3. The van der Waals surface area contributed by atoms with Gasteiger partial charge in [0.15, 0.2) is 10.6 Å². The van der Waals surface area contributed by atoms with E-state index in [0.29, 0.717) is 39.5 Å². The molecule has 0 unspecified atom stereocenters. The lowest BCUT2D eigenvalue weighted by molar-refractivity contribution is -0.121. The molecule has 0 fully saturated rings. The van der Waals surface area contributed by atoms with Crippen molar-refractivity contribution in [2.75, 3.05) is 13.2 Å². The van der Waals surface area contributed by atoms with Crippen molar-refractivity contribution >= 4 is 41.3 Å². The molecule has 9 heteroatoms. The summed E-state index contributed by atoms with van der Waals surface area (Å²) in [5.41, 5.74) is 0.811. The number of halogens is 2. The number of nitrogens with zero attached hydrogens (tertiary/aromatic N) is 2. The molecule has 0 atom stereocenters. The van der Waals surface area contributed by atoms with Crippen molar-refractivity contribution in [2.24, 2.45) is 0 Å². The summed E-state index contributed by atoms with van der Waals surface area (Å²) in [6.07, 6.45) is 0. The van der Waals surface area contributed by atoms with Gasteiger partial charge in [0.2, 0.25) is 5.91 Å². The van der Waals surface area contributed by atoms with Gasteiger partial charge < -0.3 is 10.1 Å². The van der Waals surface area contributed by atoms with Crippen molar-refractivity contribution in [1.82, 2.24) is 20.1 Å². The zero-order valence-electron chi connectivity index (χ0n) is 14.1. The number of H-pyrrole nitrogens is 1. The highest BCUT2D eigenvalue weighted by Gasteiger charge is 2.12. The number of hydrogen-bond donors (Lipinski definition) is 2. The second-order valence-electron chi connectivity index (χ2n) is 5.60. The van der Waals surface area contributed by atoms with Crippen LogP contribution in [0.25, 0.3) is 11.4 Å². The highest BCUT2D eigenvalue weighted by molar-refractivity contribution is 7.71. The number of amides is 1. The van der Waals surface area contributed by atoms with Gasteiger partial charge in [-0.05, 0) is 60.7 Å². The maximum absolute atomic E-state index is 12.2. The van der Waals surface area contributed by atoms with Gasteiger partial charge in [-0.25, -0.2) is 0 Å². The molecule has 27 heavy (non-hydrogen) atoms. The number of rotatable bonds is 7. The molecule has 2 aromatic carbocycles. The summed E-state index contributed by atoms with van der Waals surface area (Å²) in [4.78, 5) is 12.2. The van der Waals surface area contributed by atoms with Gasteiger partial charge in [0.1, 0.15) is 18.9 Å². The van der Waals surface area contributed by atoms with Gasteiger partial charge in [0.25, 0.3) is 0 Å². The van der Waals surface area contributed by atoms with Gasteiger partial charge in [-0.2, -0.15) is 5.10 Å². The molecule has 0 aliphatic heterocycles. The lowest BCUT2D eigenvalue weighted by Crippen LogP contribution is -2.31. The molecule has 0 aliphatic rings. The van der Waals surface area contributed by atoms with E-state index < -0.39 is 0 Å². The quantitative estimate of drug-likeness (QED) is 0.443. The van der Waals surface area contributed by atoms with Crippen LogP contribution in [0.15, 0.2) is 48.5 Å². The summed E-state index contributed by atoms with van der Waals surface area (Å²) in [6.45, 7) is 0.755. The molecule has 0 spiro atoms. The Balaban J connectivity index is 1.55. The van der Waals surface area contributed by atoms with E-state index in [1.54, 1.807) is 41.0 Å². The third kappa shape index (κ3) is 5.32. The Labute approximate surface area is 171 Å². The lowest BCUT2D eigenvalue weighted by atomic mass is 10.2. The Morgan fingerprint density at radius 1 is 1.11 bits per heavy atom. The Morgan fingerprint density at radius 3 is 2.41 bits per heavy atom. The maximum atomic E-state index is 12.2. The third-order valence-electron chi connectivity index (χ3n) is 3.67. The number of nitrogens with one attached hydrogen (secondary N) is 2. The first-order chi connectivity index (χ1) is 13.0. The topological polar surface area (TPSA) is 71.9 Å². The van der Waals surface area contributed by atoms with Crippen molar-refractivity contribution in [3.63, 3.8) is 0 Å². The van der Waals surface area contributed by atoms with Crippen LogP contribution in [0.4, 0.5) is 0 Å². The minimum absolute atomic E-state index is 0.0498. The van der Waals surface area contributed by atoms with Crippen LogP contribution in [0.5, 0.6) is 5.75 Å². The maximum Gasteiger partial charge on any atom is 0.240 e. The van der Waals surface area contributed by atoms with E-state index in [9.17, 15) is 4.79 Å². The summed E-state index contributed by atoms with van der Waals surface area (Å²) in [7, 11) is 0.